The minimum atomic E-state index is -0.0187. The van der Waals surface area contributed by atoms with E-state index in [0.29, 0.717) is 12.1 Å². The molecular formula is C12H26N2O. The Labute approximate surface area is 93.8 Å². The summed E-state index contributed by atoms with van der Waals surface area (Å²) in [5.74, 6) is 0. The van der Waals surface area contributed by atoms with Gasteiger partial charge in [0.15, 0.2) is 0 Å². The standard InChI is InChI=1S/C12H26N2O/c1-4-15-11-8-10(9-11)14-7-5-6-12(2,3)13/h10-11,14H,4-9,13H2,1-3H3. The van der Waals surface area contributed by atoms with Crippen LogP contribution in [0.25, 0.3) is 0 Å². The molecule has 0 unspecified atom stereocenters. The summed E-state index contributed by atoms with van der Waals surface area (Å²) in [5, 5.41) is 3.54. The summed E-state index contributed by atoms with van der Waals surface area (Å²) in [7, 11) is 0. The number of nitrogens with two attached hydrogens (primary N) is 1. The van der Waals surface area contributed by atoms with Gasteiger partial charge in [-0.05, 0) is 53.0 Å². The molecule has 0 spiro atoms. The highest BCUT2D eigenvalue weighted by molar-refractivity contribution is 4.86. The minimum absolute atomic E-state index is 0.0187. The maximum atomic E-state index is 5.91. The third-order valence-corrected chi connectivity index (χ3v) is 2.93. The third kappa shape index (κ3) is 5.50. The van der Waals surface area contributed by atoms with Gasteiger partial charge in [0.05, 0.1) is 6.10 Å². The first kappa shape index (κ1) is 12.9. The normalized spacial score (nSPS) is 26.4. The molecule has 0 aromatic carbocycles. The number of ether oxygens (including phenoxy) is 1. The van der Waals surface area contributed by atoms with Crippen molar-refractivity contribution in [2.45, 2.75) is 64.1 Å². The Kier molecular flexibility index (Phi) is 5.03. The third-order valence-electron chi connectivity index (χ3n) is 2.93. The fraction of sp³-hybridized carbons (Fsp3) is 1.00. The van der Waals surface area contributed by atoms with E-state index in [2.05, 4.69) is 26.1 Å². The van der Waals surface area contributed by atoms with Crippen molar-refractivity contribution in [3.05, 3.63) is 0 Å². The largest absolute Gasteiger partial charge is 0.378 e. The molecule has 0 atom stereocenters. The van der Waals surface area contributed by atoms with Crippen molar-refractivity contribution in [1.29, 1.82) is 0 Å². The van der Waals surface area contributed by atoms with Crippen LogP contribution in [0.4, 0.5) is 0 Å². The fourth-order valence-electron chi connectivity index (χ4n) is 1.95. The molecule has 0 aromatic heterocycles. The van der Waals surface area contributed by atoms with Gasteiger partial charge in [0, 0.05) is 18.2 Å². The van der Waals surface area contributed by atoms with Gasteiger partial charge in [0.2, 0.25) is 0 Å². The van der Waals surface area contributed by atoms with E-state index in [9.17, 15) is 0 Å². The van der Waals surface area contributed by atoms with Gasteiger partial charge in [0.25, 0.3) is 0 Å². The first-order valence-electron chi connectivity index (χ1n) is 6.15. The number of hydrogen-bond donors (Lipinski definition) is 2. The highest BCUT2D eigenvalue weighted by Gasteiger charge is 2.28. The molecule has 0 saturated heterocycles. The van der Waals surface area contributed by atoms with E-state index < -0.39 is 0 Å². The maximum Gasteiger partial charge on any atom is 0.0604 e. The van der Waals surface area contributed by atoms with Crippen molar-refractivity contribution in [3.8, 4) is 0 Å². The van der Waals surface area contributed by atoms with Crippen LogP contribution in [0, 0.1) is 0 Å². The van der Waals surface area contributed by atoms with Crippen LogP contribution in [0.3, 0.4) is 0 Å². The molecule has 0 bridgehead atoms. The van der Waals surface area contributed by atoms with Crippen LogP contribution >= 0.6 is 0 Å². The van der Waals surface area contributed by atoms with Gasteiger partial charge >= 0.3 is 0 Å². The second-order valence-corrected chi connectivity index (χ2v) is 5.29. The van der Waals surface area contributed by atoms with Crippen LogP contribution in [0.1, 0.15) is 46.5 Å². The lowest BCUT2D eigenvalue weighted by atomic mass is 9.89. The zero-order chi connectivity index (χ0) is 11.3. The van der Waals surface area contributed by atoms with Gasteiger partial charge < -0.3 is 15.8 Å². The SMILES string of the molecule is CCOC1CC(NCCCC(C)(C)N)C1. The Morgan fingerprint density at radius 2 is 2.07 bits per heavy atom. The molecule has 3 heteroatoms. The zero-order valence-corrected chi connectivity index (χ0v) is 10.4. The summed E-state index contributed by atoms with van der Waals surface area (Å²) >= 11 is 0. The molecule has 1 rings (SSSR count). The second-order valence-electron chi connectivity index (χ2n) is 5.29. The lowest BCUT2D eigenvalue weighted by Crippen LogP contribution is -2.46. The van der Waals surface area contributed by atoms with E-state index in [1.807, 2.05) is 0 Å². The van der Waals surface area contributed by atoms with Crippen molar-refractivity contribution in [1.82, 2.24) is 5.32 Å². The predicted octanol–water partition coefficient (Wildman–Crippen LogP) is 1.66. The first-order valence-corrected chi connectivity index (χ1v) is 6.15. The van der Waals surface area contributed by atoms with Crippen LogP contribution in [-0.4, -0.2) is 30.8 Å². The van der Waals surface area contributed by atoms with Crippen LogP contribution in [0.15, 0.2) is 0 Å². The molecule has 0 aromatic rings. The molecule has 1 aliphatic carbocycles. The van der Waals surface area contributed by atoms with E-state index in [4.69, 9.17) is 10.5 Å². The summed E-state index contributed by atoms with van der Waals surface area (Å²) in [4.78, 5) is 0. The average Bonchev–Trinajstić information content (AvgIpc) is 2.05. The predicted molar refractivity (Wildman–Crippen MR) is 63.9 cm³/mol. The van der Waals surface area contributed by atoms with Crippen molar-refractivity contribution in [2.75, 3.05) is 13.2 Å². The molecule has 1 fully saturated rings. The Morgan fingerprint density at radius 1 is 1.40 bits per heavy atom. The molecule has 0 amide bonds. The van der Waals surface area contributed by atoms with Crippen molar-refractivity contribution in [2.24, 2.45) is 5.73 Å². The average molecular weight is 214 g/mol. The second kappa shape index (κ2) is 5.83. The van der Waals surface area contributed by atoms with Gasteiger partial charge in [-0.1, -0.05) is 0 Å². The van der Waals surface area contributed by atoms with Crippen LogP contribution in [-0.2, 0) is 4.74 Å². The molecule has 15 heavy (non-hydrogen) atoms. The van der Waals surface area contributed by atoms with E-state index in [1.165, 1.54) is 19.3 Å². The van der Waals surface area contributed by atoms with E-state index in [0.717, 1.165) is 19.6 Å². The highest BCUT2D eigenvalue weighted by atomic mass is 16.5. The van der Waals surface area contributed by atoms with Gasteiger partial charge in [-0.3, -0.25) is 0 Å². The molecule has 3 N–H and O–H groups in total. The van der Waals surface area contributed by atoms with Gasteiger partial charge in [-0.15, -0.1) is 0 Å². The summed E-state index contributed by atoms with van der Waals surface area (Å²) < 4.78 is 5.51. The summed E-state index contributed by atoms with van der Waals surface area (Å²) in [6, 6.07) is 0.683. The summed E-state index contributed by atoms with van der Waals surface area (Å²) in [6.45, 7) is 8.16. The smallest absolute Gasteiger partial charge is 0.0604 e. The van der Waals surface area contributed by atoms with Gasteiger partial charge in [-0.2, -0.15) is 0 Å². The number of nitrogens with one attached hydrogen (secondary N) is 1. The molecule has 1 saturated carbocycles. The Bertz CT molecular complexity index is 171. The number of hydrogen-bond acceptors (Lipinski definition) is 3. The molecular weight excluding hydrogens is 188 g/mol. The van der Waals surface area contributed by atoms with Gasteiger partial charge in [-0.25, -0.2) is 0 Å². The molecule has 0 radical (unpaired) electrons. The molecule has 0 heterocycles. The lowest BCUT2D eigenvalue weighted by molar-refractivity contribution is -0.00981. The Balaban J connectivity index is 1.91. The lowest BCUT2D eigenvalue weighted by Gasteiger charge is -2.35. The zero-order valence-electron chi connectivity index (χ0n) is 10.4. The topological polar surface area (TPSA) is 47.3 Å². The van der Waals surface area contributed by atoms with Crippen LogP contribution in [0.5, 0.6) is 0 Å². The van der Waals surface area contributed by atoms with Gasteiger partial charge in [0.1, 0.15) is 0 Å². The Hall–Kier alpha value is -0.120. The first-order chi connectivity index (χ1) is 7.01. The number of rotatable bonds is 7. The highest BCUT2D eigenvalue weighted by Crippen LogP contribution is 2.23. The summed E-state index contributed by atoms with van der Waals surface area (Å²) in [5.41, 5.74) is 5.89. The molecule has 1 aliphatic rings. The van der Waals surface area contributed by atoms with Crippen molar-refractivity contribution < 1.29 is 4.74 Å². The Morgan fingerprint density at radius 3 is 2.60 bits per heavy atom. The van der Waals surface area contributed by atoms with Crippen molar-refractivity contribution in [3.63, 3.8) is 0 Å². The van der Waals surface area contributed by atoms with E-state index in [1.54, 1.807) is 0 Å². The monoisotopic (exact) mass is 214 g/mol. The summed E-state index contributed by atoms with van der Waals surface area (Å²) in [6.07, 6.45) is 5.12. The molecule has 0 aliphatic heterocycles. The van der Waals surface area contributed by atoms with Crippen LogP contribution < -0.4 is 11.1 Å². The van der Waals surface area contributed by atoms with Crippen LogP contribution in [0.2, 0.25) is 0 Å². The van der Waals surface area contributed by atoms with E-state index in [-0.39, 0.29) is 5.54 Å². The maximum absolute atomic E-state index is 5.91. The molecule has 90 valence electrons. The van der Waals surface area contributed by atoms with E-state index >= 15 is 0 Å². The minimum Gasteiger partial charge on any atom is -0.378 e. The quantitative estimate of drug-likeness (QED) is 0.634. The van der Waals surface area contributed by atoms with Crippen molar-refractivity contribution >= 4 is 0 Å². The fourth-order valence-corrected chi connectivity index (χ4v) is 1.95. The molecule has 3 nitrogen and oxygen atoms in total.